The summed E-state index contributed by atoms with van der Waals surface area (Å²) in [5, 5.41) is 2.69. The van der Waals surface area contributed by atoms with E-state index in [1.165, 1.54) is 29.2 Å². The van der Waals surface area contributed by atoms with Gasteiger partial charge >= 0.3 is 0 Å². The second-order valence-corrected chi connectivity index (χ2v) is 4.83. The summed E-state index contributed by atoms with van der Waals surface area (Å²) in [6.45, 7) is 6.91. The van der Waals surface area contributed by atoms with Crippen LogP contribution in [0.15, 0.2) is 42.5 Å². The average molecular weight is 212 g/mol. The molecule has 0 aliphatic heterocycles. The van der Waals surface area contributed by atoms with Crippen LogP contribution in [0, 0.1) is 0 Å². The predicted octanol–water partition coefficient (Wildman–Crippen LogP) is 4.92. The quantitative estimate of drug-likeness (QED) is 0.677. The van der Waals surface area contributed by atoms with E-state index < -0.39 is 0 Å². The normalized spacial score (nSPS) is 11.9. The van der Waals surface area contributed by atoms with Crippen LogP contribution in [0.3, 0.4) is 0 Å². The van der Waals surface area contributed by atoms with Gasteiger partial charge in [0.05, 0.1) is 0 Å². The van der Waals surface area contributed by atoms with E-state index in [2.05, 4.69) is 63.2 Å². The first-order valence-electron chi connectivity index (χ1n) is 6.19. The molecule has 0 bridgehead atoms. The molecular formula is C16H20. The van der Waals surface area contributed by atoms with Gasteiger partial charge < -0.3 is 0 Å². The lowest BCUT2D eigenvalue weighted by atomic mass is 9.77. The molecule has 0 saturated heterocycles. The summed E-state index contributed by atoms with van der Waals surface area (Å²) in [5.74, 6) is 0. The number of hydrogen-bond donors (Lipinski definition) is 0. The van der Waals surface area contributed by atoms with Crippen molar-refractivity contribution in [2.75, 3.05) is 0 Å². The third-order valence-electron chi connectivity index (χ3n) is 4.01. The maximum atomic E-state index is 2.36. The van der Waals surface area contributed by atoms with Crippen molar-refractivity contribution >= 4 is 10.8 Å². The van der Waals surface area contributed by atoms with Crippen molar-refractivity contribution in [1.82, 2.24) is 0 Å². The Balaban J connectivity index is 2.54. The molecule has 0 heterocycles. The largest absolute Gasteiger partial charge is 0.0645 e. The molecule has 0 nitrogen and oxygen atoms in total. The minimum absolute atomic E-state index is 0.323. The maximum absolute atomic E-state index is 2.36. The smallest absolute Gasteiger partial charge is 0.00803 e. The molecule has 0 fully saturated rings. The molecule has 0 unspecified atom stereocenters. The zero-order chi connectivity index (χ0) is 11.6. The van der Waals surface area contributed by atoms with E-state index in [-0.39, 0.29) is 0 Å². The van der Waals surface area contributed by atoms with Gasteiger partial charge in [-0.25, -0.2) is 0 Å². The van der Waals surface area contributed by atoms with Gasteiger partial charge in [-0.15, -0.1) is 0 Å². The van der Waals surface area contributed by atoms with Crippen molar-refractivity contribution in [1.29, 1.82) is 0 Å². The number of fused-ring (bicyclic) bond motifs is 1. The van der Waals surface area contributed by atoms with Crippen molar-refractivity contribution in [2.45, 2.75) is 39.0 Å². The van der Waals surface area contributed by atoms with Crippen LogP contribution in [0.1, 0.15) is 39.2 Å². The van der Waals surface area contributed by atoms with E-state index in [1.54, 1.807) is 0 Å². The Kier molecular flexibility index (Phi) is 3.00. The summed E-state index contributed by atoms with van der Waals surface area (Å²) in [6, 6.07) is 15.5. The molecule has 2 aromatic rings. The second-order valence-electron chi connectivity index (χ2n) is 4.83. The third kappa shape index (κ3) is 1.84. The van der Waals surface area contributed by atoms with E-state index in [4.69, 9.17) is 0 Å². The van der Waals surface area contributed by atoms with E-state index in [0.717, 1.165) is 0 Å². The lowest BCUT2D eigenvalue weighted by molar-refractivity contribution is 0.439. The lowest BCUT2D eigenvalue weighted by Crippen LogP contribution is -2.19. The molecule has 16 heavy (non-hydrogen) atoms. The average Bonchev–Trinajstić information content (AvgIpc) is 2.37. The van der Waals surface area contributed by atoms with Gasteiger partial charge in [-0.3, -0.25) is 0 Å². The number of benzene rings is 2. The molecule has 84 valence electrons. The second kappa shape index (κ2) is 4.29. The van der Waals surface area contributed by atoms with Gasteiger partial charge in [-0.05, 0) is 34.6 Å². The fraction of sp³-hybridized carbons (Fsp3) is 0.375. The van der Waals surface area contributed by atoms with E-state index in [1.807, 2.05) is 0 Å². The first-order valence-corrected chi connectivity index (χ1v) is 6.19. The SMILES string of the molecule is CCC(C)(CC)c1ccc2ccccc2c1. The Morgan fingerprint density at radius 2 is 1.50 bits per heavy atom. The van der Waals surface area contributed by atoms with Crippen LogP contribution in [0.5, 0.6) is 0 Å². The summed E-state index contributed by atoms with van der Waals surface area (Å²) in [6.07, 6.45) is 2.39. The van der Waals surface area contributed by atoms with Crippen LogP contribution in [-0.2, 0) is 5.41 Å². The molecule has 0 aliphatic carbocycles. The molecular weight excluding hydrogens is 192 g/mol. The topological polar surface area (TPSA) is 0 Å². The zero-order valence-corrected chi connectivity index (χ0v) is 10.5. The first-order chi connectivity index (χ1) is 7.69. The highest BCUT2D eigenvalue weighted by Crippen LogP contribution is 2.32. The first kappa shape index (κ1) is 11.2. The molecule has 0 amide bonds. The summed E-state index contributed by atoms with van der Waals surface area (Å²) in [7, 11) is 0. The minimum atomic E-state index is 0.323. The van der Waals surface area contributed by atoms with Crippen molar-refractivity contribution in [3.8, 4) is 0 Å². The van der Waals surface area contributed by atoms with Gasteiger partial charge in [0.15, 0.2) is 0 Å². The summed E-state index contributed by atoms with van der Waals surface area (Å²) in [4.78, 5) is 0. The van der Waals surface area contributed by atoms with Gasteiger partial charge in [0.1, 0.15) is 0 Å². The highest BCUT2D eigenvalue weighted by Gasteiger charge is 2.21. The molecule has 0 N–H and O–H groups in total. The van der Waals surface area contributed by atoms with E-state index >= 15 is 0 Å². The highest BCUT2D eigenvalue weighted by atomic mass is 14.3. The van der Waals surface area contributed by atoms with Gasteiger partial charge in [-0.2, -0.15) is 0 Å². The molecule has 2 rings (SSSR count). The molecule has 0 aromatic heterocycles. The van der Waals surface area contributed by atoms with Crippen LogP contribution >= 0.6 is 0 Å². The van der Waals surface area contributed by atoms with Crippen molar-refractivity contribution in [3.05, 3.63) is 48.0 Å². The van der Waals surface area contributed by atoms with Crippen LogP contribution in [0.4, 0.5) is 0 Å². The number of hydrogen-bond acceptors (Lipinski definition) is 0. The summed E-state index contributed by atoms with van der Waals surface area (Å²) >= 11 is 0. The highest BCUT2D eigenvalue weighted by molar-refractivity contribution is 5.83. The minimum Gasteiger partial charge on any atom is -0.0645 e. The van der Waals surface area contributed by atoms with Gasteiger partial charge in [0.25, 0.3) is 0 Å². The monoisotopic (exact) mass is 212 g/mol. The Morgan fingerprint density at radius 1 is 0.875 bits per heavy atom. The molecule has 0 spiro atoms. The van der Waals surface area contributed by atoms with Gasteiger partial charge in [0, 0.05) is 0 Å². The lowest BCUT2D eigenvalue weighted by Gasteiger charge is -2.27. The molecule has 0 saturated carbocycles. The summed E-state index contributed by atoms with van der Waals surface area (Å²) in [5.41, 5.74) is 1.79. The van der Waals surface area contributed by atoms with Crippen molar-refractivity contribution < 1.29 is 0 Å². The molecule has 2 aromatic carbocycles. The van der Waals surface area contributed by atoms with Crippen LogP contribution in [0.2, 0.25) is 0 Å². The molecule has 0 radical (unpaired) electrons. The van der Waals surface area contributed by atoms with Crippen molar-refractivity contribution in [2.24, 2.45) is 0 Å². The Hall–Kier alpha value is -1.30. The van der Waals surface area contributed by atoms with Crippen LogP contribution in [-0.4, -0.2) is 0 Å². The maximum Gasteiger partial charge on any atom is -0.00803 e. The van der Waals surface area contributed by atoms with Gasteiger partial charge in [0.2, 0.25) is 0 Å². The summed E-state index contributed by atoms with van der Waals surface area (Å²) < 4.78 is 0. The third-order valence-corrected chi connectivity index (χ3v) is 4.01. The van der Waals surface area contributed by atoms with Gasteiger partial charge in [-0.1, -0.05) is 63.2 Å². The van der Waals surface area contributed by atoms with Crippen LogP contribution < -0.4 is 0 Å². The van der Waals surface area contributed by atoms with E-state index in [9.17, 15) is 0 Å². The van der Waals surface area contributed by atoms with Crippen molar-refractivity contribution in [3.63, 3.8) is 0 Å². The Bertz CT molecular complexity index is 478. The molecule has 0 heteroatoms. The zero-order valence-electron chi connectivity index (χ0n) is 10.5. The number of rotatable bonds is 3. The Morgan fingerprint density at radius 3 is 2.12 bits per heavy atom. The Labute approximate surface area is 98.3 Å². The fourth-order valence-corrected chi connectivity index (χ4v) is 2.22. The van der Waals surface area contributed by atoms with Crippen LogP contribution in [0.25, 0.3) is 10.8 Å². The fourth-order valence-electron chi connectivity index (χ4n) is 2.22. The molecule has 0 aliphatic rings. The molecule has 0 atom stereocenters. The standard InChI is InChI=1S/C16H20/c1-4-16(3,5-2)15-11-10-13-8-6-7-9-14(13)12-15/h6-12H,4-5H2,1-3H3. The predicted molar refractivity (Wildman–Crippen MR) is 71.9 cm³/mol. The van der Waals surface area contributed by atoms with E-state index in [0.29, 0.717) is 5.41 Å².